The zero-order valence-electron chi connectivity index (χ0n) is 14.5. The maximum absolute atomic E-state index is 5.15. The Labute approximate surface area is 125 Å². The largest absolute Gasteiger partial charge is 0.384 e. The van der Waals surface area contributed by atoms with E-state index in [1.165, 1.54) is 39.3 Å². The van der Waals surface area contributed by atoms with Gasteiger partial charge < -0.3 is 14.5 Å². The van der Waals surface area contributed by atoms with E-state index in [1.807, 2.05) is 27.7 Å². The summed E-state index contributed by atoms with van der Waals surface area (Å²) in [5.74, 6) is 0.660. The van der Waals surface area contributed by atoms with Gasteiger partial charge in [-0.25, -0.2) is 0 Å². The van der Waals surface area contributed by atoms with Crippen LogP contribution in [0.2, 0.25) is 0 Å². The molecule has 1 heterocycles. The molecular formula is C15H39N2OP. The van der Waals surface area contributed by atoms with Gasteiger partial charge >= 0.3 is 0 Å². The molecule has 0 aromatic rings. The molecule has 0 saturated carbocycles. The van der Waals surface area contributed by atoms with Crippen LogP contribution in [0.15, 0.2) is 0 Å². The fraction of sp³-hybridized carbons (Fsp3) is 1.00. The number of hydrogen-bond acceptors (Lipinski definition) is 3. The van der Waals surface area contributed by atoms with Crippen LogP contribution >= 0.6 is 9.90 Å². The molecule has 2 unspecified atom stereocenters. The van der Waals surface area contributed by atoms with Crippen LogP contribution in [-0.2, 0) is 4.74 Å². The maximum atomic E-state index is 5.15. The number of methoxy groups -OCH3 is 1. The Morgan fingerprint density at radius 2 is 1.37 bits per heavy atom. The first kappa shape index (κ1) is 24.3. The van der Waals surface area contributed by atoms with Crippen molar-refractivity contribution in [2.75, 3.05) is 53.0 Å². The van der Waals surface area contributed by atoms with E-state index in [2.05, 4.69) is 23.6 Å². The summed E-state index contributed by atoms with van der Waals surface area (Å²) >= 11 is 0. The van der Waals surface area contributed by atoms with Crippen molar-refractivity contribution in [3.63, 3.8) is 0 Å². The molecule has 3 nitrogen and oxygen atoms in total. The lowest BCUT2D eigenvalue weighted by atomic mass is 10.1. The van der Waals surface area contributed by atoms with Crippen molar-refractivity contribution < 1.29 is 4.74 Å². The fourth-order valence-corrected chi connectivity index (χ4v) is 2.07. The molecular weight excluding hydrogens is 255 g/mol. The van der Waals surface area contributed by atoms with Gasteiger partial charge in [0.1, 0.15) is 0 Å². The molecule has 1 aliphatic rings. The Balaban J connectivity index is -0.000000467. The van der Waals surface area contributed by atoms with Crippen LogP contribution in [0.25, 0.3) is 0 Å². The third kappa shape index (κ3) is 13.1. The second kappa shape index (κ2) is 18.3. The highest BCUT2D eigenvalue weighted by Gasteiger charge is 2.16. The minimum absolute atomic E-state index is 0. The molecule has 0 amide bonds. The Kier molecular flexibility index (Phi) is 23.5. The first-order valence-corrected chi connectivity index (χ1v) is 7.70. The van der Waals surface area contributed by atoms with Crippen LogP contribution < -0.4 is 0 Å². The molecule has 1 fully saturated rings. The van der Waals surface area contributed by atoms with Gasteiger partial charge in [0.25, 0.3) is 0 Å². The van der Waals surface area contributed by atoms with E-state index in [9.17, 15) is 0 Å². The predicted octanol–water partition coefficient (Wildman–Crippen LogP) is 3.02. The van der Waals surface area contributed by atoms with Crippen LogP contribution in [0.4, 0.5) is 0 Å². The first-order chi connectivity index (χ1) is 8.76. The quantitative estimate of drug-likeness (QED) is 0.725. The molecule has 1 saturated heterocycles. The molecule has 0 aromatic heterocycles. The Hall–Kier alpha value is 0.310. The van der Waals surface area contributed by atoms with E-state index in [4.69, 9.17) is 4.74 Å². The number of rotatable bonds is 5. The summed E-state index contributed by atoms with van der Waals surface area (Å²) in [7, 11) is 1.78. The fourth-order valence-electron chi connectivity index (χ4n) is 2.07. The molecule has 0 N–H and O–H groups in total. The standard InChI is InChI=1S/C11H24N2O.2C2H6.H3P/c1-4-12-5-7-13(8-6-12)9-11(2)10-14-3;2*1-2;/h11H,4-10H2,1-3H3;2*1-2H3;1H3. The lowest BCUT2D eigenvalue weighted by Gasteiger charge is -2.35. The number of ether oxygens (including phenoxy) is 1. The molecule has 1 rings (SSSR count). The normalized spacial score (nSPS) is 17.2. The highest BCUT2D eigenvalue weighted by molar-refractivity contribution is 6.92. The molecule has 120 valence electrons. The zero-order chi connectivity index (χ0) is 14.4. The van der Waals surface area contributed by atoms with Gasteiger partial charge in [-0.3, -0.25) is 0 Å². The minimum Gasteiger partial charge on any atom is -0.384 e. The van der Waals surface area contributed by atoms with Crippen molar-refractivity contribution in [3.8, 4) is 0 Å². The van der Waals surface area contributed by atoms with E-state index in [0.717, 1.165) is 6.61 Å². The number of hydrogen-bond donors (Lipinski definition) is 0. The summed E-state index contributed by atoms with van der Waals surface area (Å²) in [6.45, 7) is 20.7. The molecule has 2 atom stereocenters. The highest BCUT2D eigenvalue weighted by Crippen LogP contribution is 2.05. The number of likely N-dealkylation sites (N-methyl/N-ethyl adjacent to an activating group) is 1. The van der Waals surface area contributed by atoms with Crippen molar-refractivity contribution in [2.24, 2.45) is 5.92 Å². The highest BCUT2D eigenvalue weighted by atomic mass is 31.0. The first-order valence-electron chi connectivity index (χ1n) is 7.70. The lowest BCUT2D eigenvalue weighted by molar-refractivity contribution is 0.0936. The molecule has 19 heavy (non-hydrogen) atoms. The Bertz CT molecular complexity index is 151. The van der Waals surface area contributed by atoms with Crippen LogP contribution in [0.1, 0.15) is 41.5 Å². The second-order valence-corrected chi connectivity index (χ2v) is 4.30. The summed E-state index contributed by atoms with van der Waals surface area (Å²) < 4.78 is 5.15. The van der Waals surface area contributed by atoms with E-state index >= 15 is 0 Å². The van der Waals surface area contributed by atoms with Gasteiger partial charge in [-0.15, -0.1) is 0 Å². The Morgan fingerprint density at radius 3 is 1.74 bits per heavy atom. The maximum Gasteiger partial charge on any atom is 0.0500 e. The summed E-state index contributed by atoms with van der Waals surface area (Å²) in [4.78, 5) is 5.06. The van der Waals surface area contributed by atoms with Crippen LogP contribution in [0.5, 0.6) is 0 Å². The summed E-state index contributed by atoms with van der Waals surface area (Å²) in [6.07, 6.45) is 0. The number of nitrogens with zero attached hydrogens (tertiary/aromatic N) is 2. The van der Waals surface area contributed by atoms with Gasteiger partial charge in [0.2, 0.25) is 0 Å². The molecule has 0 aromatic carbocycles. The number of piperazine rings is 1. The summed E-state index contributed by atoms with van der Waals surface area (Å²) in [6, 6.07) is 0. The van der Waals surface area contributed by atoms with Crippen molar-refractivity contribution >= 4 is 9.90 Å². The van der Waals surface area contributed by atoms with Crippen LogP contribution in [-0.4, -0.2) is 62.8 Å². The van der Waals surface area contributed by atoms with Crippen molar-refractivity contribution in [2.45, 2.75) is 41.5 Å². The van der Waals surface area contributed by atoms with Gasteiger partial charge in [-0.05, 0) is 12.5 Å². The third-order valence-corrected chi connectivity index (χ3v) is 2.93. The van der Waals surface area contributed by atoms with Crippen LogP contribution in [0, 0.1) is 5.92 Å². The second-order valence-electron chi connectivity index (χ2n) is 4.30. The average molecular weight is 294 g/mol. The van der Waals surface area contributed by atoms with Gasteiger partial charge in [0.15, 0.2) is 0 Å². The summed E-state index contributed by atoms with van der Waals surface area (Å²) in [5, 5.41) is 0. The van der Waals surface area contributed by atoms with Gasteiger partial charge in [-0.1, -0.05) is 41.5 Å². The van der Waals surface area contributed by atoms with Gasteiger partial charge in [0.05, 0.1) is 0 Å². The van der Waals surface area contributed by atoms with E-state index in [-0.39, 0.29) is 9.90 Å². The Morgan fingerprint density at radius 1 is 0.947 bits per heavy atom. The van der Waals surface area contributed by atoms with Crippen molar-refractivity contribution in [1.82, 2.24) is 9.80 Å². The van der Waals surface area contributed by atoms with Gasteiger partial charge in [0, 0.05) is 46.4 Å². The van der Waals surface area contributed by atoms with E-state index in [0.29, 0.717) is 5.92 Å². The molecule has 0 bridgehead atoms. The van der Waals surface area contributed by atoms with Crippen molar-refractivity contribution in [1.29, 1.82) is 0 Å². The molecule has 0 radical (unpaired) electrons. The van der Waals surface area contributed by atoms with Crippen LogP contribution in [0.3, 0.4) is 0 Å². The predicted molar refractivity (Wildman–Crippen MR) is 93.4 cm³/mol. The molecule has 0 aliphatic carbocycles. The van der Waals surface area contributed by atoms with Crippen molar-refractivity contribution in [3.05, 3.63) is 0 Å². The monoisotopic (exact) mass is 294 g/mol. The minimum atomic E-state index is 0. The smallest absolute Gasteiger partial charge is 0.0500 e. The average Bonchev–Trinajstić information content (AvgIpc) is 2.44. The SMILES string of the molecule is CC.CC.CCN1CCN(CC(C)COC)CC1.P. The zero-order valence-corrected chi connectivity index (χ0v) is 16.0. The van der Waals surface area contributed by atoms with E-state index in [1.54, 1.807) is 7.11 Å². The third-order valence-electron chi connectivity index (χ3n) is 2.93. The molecule has 4 heteroatoms. The van der Waals surface area contributed by atoms with Gasteiger partial charge in [-0.2, -0.15) is 9.90 Å². The van der Waals surface area contributed by atoms with E-state index < -0.39 is 0 Å². The lowest BCUT2D eigenvalue weighted by Crippen LogP contribution is -2.47. The molecule has 0 spiro atoms. The molecule has 1 aliphatic heterocycles. The summed E-state index contributed by atoms with van der Waals surface area (Å²) in [5.41, 5.74) is 0. The topological polar surface area (TPSA) is 15.7 Å².